The number of anilines is 1. The van der Waals surface area contributed by atoms with E-state index in [2.05, 4.69) is 20.4 Å². The van der Waals surface area contributed by atoms with Crippen LogP contribution in [-0.4, -0.2) is 35.4 Å². The fraction of sp³-hybridized carbons (Fsp3) is 0.600. The largest absolute Gasteiger partial charge is 0.350 e. The van der Waals surface area contributed by atoms with Gasteiger partial charge in [0.05, 0.1) is 0 Å². The number of hydrogen-bond acceptors (Lipinski definition) is 4. The van der Waals surface area contributed by atoms with Gasteiger partial charge in [-0.05, 0) is 31.5 Å². The molecule has 2 fully saturated rings. The molecule has 15 heavy (non-hydrogen) atoms. The number of aromatic nitrogens is 2. The maximum atomic E-state index is 5.73. The highest BCUT2D eigenvalue weighted by Crippen LogP contribution is 2.28. The monoisotopic (exact) mass is 224 g/mol. The van der Waals surface area contributed by atoms with Gasteiger partial charge < -0.3 is 10.2 Å². The van der Waals surface area contributed by atoms with Crippen molar-refractivity contribution in [3.8, 4) is 0 Å². The van der Waals surface area contributed by atoms with E-state index in [0.29, 0.717) is 17.2 Å². The molecule has 0 spiro atoms. The lowest BCUT2D eigenvalue weighted by molar-refractivity contribution is 0.599. The summed E-state index contributed by atoms with van der Waals surface area (Å²) in [4.78, 5) is 2.34. The molecule has 0 bridgehead atoms. The Morgan fingerprint density at radius 1 is 1.33 bits per heavy atom. The Morgan fingerprint density at radius 2 is 2.27 bits per heavy atom. The van der Waals surface area contributed by atoms with E-state index in [1.54, 1.807) is 6.07 Å². The number of nitrogens with zero attached hydrogens (tertiary/aromatic N) is 3. The predicted molar refractivity (Wildman–Crippen MR) is 59.2 cm³/mol. The molecule has 0 unspecified atom stereocenters. The summed E-state index contributed by atoms with van der Waals surface area (Å²) in [7, 11) is 0. The SMILES string of the molecule is Clc1ccc(N2CC[C@@H]3NCC[C@@H]32)nn1. The molecule has 2 atom stereocenters. The second kappa shape index (κ2) is 3.61. The third-order valence-corrected chi connectivity index (χ3v) is 3.51. The Labute approximate surface area is 93.6 Å². The normalized spacial score (nSPS) is 29.5. The summed E-state index contributed by atoms with van der Waals surface area (Å²) in [5.41, 5.74) is 0. The van der Waals surface area contributed by atoms with E-state index < -0.39 is 0 Å². The van der Waals surface area contributed by atoms with E-state index in [0.717, 1.165) is 18.9 Å². The maximum Gasteiger partial charge on any atom is 0.151 e. The van der Waals surface area contributed by atoms with Crippen LogP contribution in [0.3, 0.4) is 0 Å². The maximum absolute atomic E-state index is 5.73. The minimum absolute atomic E-state index is 0.457. The molecule has 5 heteroatoms. The lowest BCUT2D eigenvalue weighted by Gasteiger charge is -2.23. The molecule has 1 aromatic rings. The third-order valence-electron chi connectivity index (χ3n) is 3.30. The molecule has 0 saturated carbocycles. The van der Waals surface area contributed by atoms with Crippen molar-refractivity contribution < 1.29 is 0 Å². The summed E-state index contributed by atoms with van der Waals surface area (Å²) in [6.07, 6.45) is 2.41. The van der Waals surface area contributed by atoms with Crippen LogP contribution in [0.4, 0.5) is 5.82 Å². The molecule has 80 valence electrons. The smallest absolute Gasteiger partial charge is 0.151 e. The lowest BCUT2D eigenvalue weighted by atomic mass is 10.1. The predicted octanol–water partition coefficient (Wildman–Crippen LogP) is 1.07. The molecule has 3 heterocycles. The van der Waals surface area contributed by atoms with Gasteiger partial charge in [0.15, 0.2) is 11.0 Å². The average molecular weight is 225 g/mol. The number of rotatable bonds is 1. The Balaban J connectivity index is 1.85. The van der Waals surface area contributed by atoms with Crippen LogP contribution in [0.2, 0.25) is 5.15 Å². The van der Waals surface area contributed by atoms with Crippen LogP contribution in [0.5, 0.6) is 0 Å². The first-order valence-corrected chi connectivity index (χ1v) is 5.71. The van der Waals surface area contributed by atoms with Crippen molar-refractivity contribution in [2.45, 2.75) is 24.9 Å². The molecule has 0 radical (unpaired) electrons. The zero-order chi connectivity index (χ0) is 10.3. The second-order valence-corrected chi connectivity index (χ2v) is 4.50. The molecule has 0 amide bonds. The van der Waals surface area contributed by atoms with E-state index in [9.17, 15) is 0 Å². The van der Waals surface area contributed by atoms with Gasteiger partial charge in [-0.3, -0.25) is 0 Å². The van der Waals surface area contributed by atoms with Crippen LogP contribution < -0.4 is 10.2 Å². The molecule has 2 aliphatic rings. The minimum Gasteiger partial charge on any atom is -0.350 e. The van der Waals surface area contributed by atoms with Gasteiger partial charge in [0.25, 0.3) is 0 Å². The first kappa shape index (κ1) is 9.36. The van der Waals surface area contributed by atoms with Gasteiger partial charge in [0.2, 0.25) is 0 Å². The Kier molecular flexibility index (Phi) is 2.25. The zero-order valence-corrected chi connectivity index (χ0v) is 9.11. The van der Waals surface area contributed by atoms with E-state index in [1.165, 1.54) is 12.8 Å². The van der Waals surface area contributed by atoms with Gasteiger partial charge in [-0.15, -0.1) is 10.2 Å². The van der Waals surface area contributed by atoms with E-state index in [1.807, 2.05) is 6.07 Å². The Morgan fingerprint density at radius 3 is 3.07 bits per heavy atom. The fourth-order valence-electron chi connectivity index (χ4n) is 2.61. The van der Waals surface area contributed by atoms with Crippen molar-refractivity contribution in [1.29, 1.82) is 0 Å². The van der Waals surface area contributed by atoms with Gasteiger partial charge >= 0.3 is 0 Å². The molecular formula is C10H13ClN4. The van der Waals surface area contributed by atoms with E-state index in [-0.39, 0.29) is 0 Å². The molecule has 0 aromatic carbocycles. The standard InChI is InChI=1S/C10H13ClN4/c11-9-1-2-10(14-13-9)15-6-4-7-8(15)3-5-12-7/h1-2,7-8,12H,3-6H2/t7-,8-/m0/s1. The Bertz CT molecular complexity index is 353. The topological polar surface area (TPSA) is 41.0 Å². The molecule has 3 rings (SSSR count). The van der Waals surface area contributed by atoms with Gasteiger partial charge in [0, 0.05) is 18.6 Å². The van der Waals surface area contributed by atoms with E-state index >= 15 is 0 Å². The van der Waals surface area contributed by atoms with Crippen molar-refractivity contribution in [3.63, 3.8) is 0 Å². The first-order chi connectivity index (χ1) is 7.34. The van der Waals surface area contributed by atoms with Gasteiger partial charge in [0.1, 0.15) is 0 Å². The first-order valence-electron chi connectivity index (χ1n) is 5.34. The van der Waals surface area contributed by atoms with Gasteiger partial charge in [-0.1, -0.05) is 11.6 Å². The average Bonchev–Trinajstić information content (AvgIpc) is 2.80. The molecule has 2 saturated heterocycles. The highest BCUT2D eigenvalue weighted by molar-refractivity contribution is 6.29. The van der Waals surface area contributed by atoms with Crippen LogP contribution in [0.15, 0.2) is 12.1 Å². The van der Waals surface area contributed by atoms with Gasteiger partial charge in [-0.2, -0.15) is 0 Å². The van der Waals surface area contributed by atoms with Gasteiger partial charge in [-0.25, -0.2) is 0 Å². The van der Waals surface area contributed by atoms with Crippen LogP contribution in [0.1, 0.15) is 12.8 Å². The number of hydrogen-bond donors (Lipinski definition) is 1. The van der Waals surface area contributed by atoms with Crippen molar-refractivity contribution >= 4 is 17.4 Å². The van der Waals surface area contributed by atoms with E-state index in [4.69, 9.17) is 11.6 Å². The quantitative estimate of drug-likeness (QED) is 0.775. The number of halogens is 1. The van der Waals surface area contributed by atoms with Crippen molar-refractivity contribution in [1.82, 2.24) is 15.5 Å². The van der Waals surface area contributed by atoms with Crippen LogP contribution >= 0.6 is 11.6 Å². The summed E-state index contributed by atoms with van der Waals surface area (Å²) >= 11 is 5.73. The zero-order valence-electron chi connectivity index (χ0n) is 8.36. The number of fused-ring (bicyclic) bond motifs is 1. The van der Waals surface area contributed by atoms with Crippen LogP contribution in [0.25, 0.3) is 0 Å². The fourth-order valence-corrected chi connectivity index (χ4v) is 2.71. The van der Waals surface area contributed by atoms with Crippen molar-refractivity contribution in [3.05, 3.63) is 17.3 Å². The molecule has 1 aromatic heterocycles. The summed E-state index contributed by atoms with van der Waals surface area (Å²) < 4.78 is 0. The molecule has 1 N–H and O–H groups in total. The van der Waals surface area contributed by atoms with Crippen LogP contribution in [-0.2, 0) is 0 Å². The summed E-state index contributed by atoms with van der Waals surface area (Å²) in [5, 5.41) is 12.0. The van der Waals surface area contributed by atoms with Crippen molar-refractivity contribution in [2.75, 3.05) is 18.0 Å². The molecule has 0 aliphatic carbocycles. The lowest BCUT2D eigenvalue weighted by Crippen LogP contribution is -2.34. The second-order valence-electron chi connectivity index (χ2n) is 4.11. The summed E-state index contributed by atoms with van der Waals surface area (Å²) in [6.45, 7) is 2.19. The van der Waals surface area contributed by atoms with Crippen molar-refractivity contribution in [2.24, 2.45) is 0 Å². The third kappa shape index (κ3) is 1.58. The highest BCUT2D eigenvalue weighted by atomic mass is 35.5. The van der Waals surface area contributed by atoms with Crippen LogP contribution in [0, 0.1) is 0 Å². The minimum atomic E-state index is 0.457. The molecule has 2 aliphatic heterocycles. The molecule has 4 nitrogen and oxygen atoms in total. The summed E-state index contributed by atoms with van der Waals surface area (Å²) in [5.74, 6) is 0.954. The highest BCUT2D eigenvalue weighted by Gasteiger charge is 2.37. The Hall–Kier alpha value is -0.870. The number of nitrogens with one attached hydrogen (secondary N) is 1. The summed E-state index contributed by atoms with van der Waals surface area (Å²) in [6, 6.07) is 5.00. The molecular weight excluding hydrogens is 212 g/mol.